The lowest BCUT2D eigenvalue weighted by molar-refractivity contribution is 0.585. The van der Waals surface area contributed by atoms with Crippen LogP contribution in [-0.4, -0.2) is 60.9 Å². The van der Waals surface area contributed by atoms with E-state index in [1.165, 1.54) is 6.33 Å². The normalized spacial score (nSPS) is 14.3. The molecule has 160 valence electrons. The molecule has 2 N–H and O–H groups in total. The Morgan fingerprint density at radius 3 is 2.81 bits per heavy atom. The van der Waals surface area contributed by atoms with Crippen LogP contribution < -0.4 is 10.2 Å². The van der Waals surface area contributed by atoms with Gasteiger partial charge >= 0.3 is 0 Å². The highest BCUT2D eigenvalue weighted by atomic mass is 32.1. The molecule has 10 heteroatoms. The van der Waals surface area contributed by atoms with Crippen molar-refractivity contribution in [1.82, 2.24) is 40.1 Å². The summed E-state index contributed by atoms with van der Waals surface area (Å²) in [4.78, 5) is 17.6. The largest absolute Gasteiger partial charge is 0.354 e. The number of H-pyrrole nitrogens is 1. The second kappa shape index (κ2) is 7.81. The molecule has 6 rings (SSSR count). The third-order valence-corrected chi connectivity index (χ3v) is 6.72. The fourth-order valence-electron chi connectivity index (χ4n) is 4.18. The van der Waals surface area contributed by atoms with Crippen molar-refractivity contribution in [2.24, 2.45) is 0 Å². The number of nitrogens with zero attached hydrogens (tertiary/aromatic N) is 7. The minimum atomic E-state index is 0.702. The molecule has 5 aromatic heterocycles. The van der Waals surface area contributed by atoms with Crippen molar-refractivity contribution < 1.29 is 0 Å². The fraction of sp³-hybridized carbons (Fsp3) is 0.227. The molecule has 0 atom stereocenters. The smallest absolute Gasteiger partial charge is 0.167 e. The number of anilines is 1. The number of aryl methyl sites for hydroxylation is 1. The van der Waals surface area contributed by atoms with Gasteiger partial charge in [0.15, 0.2) is 5.82 Å². The van der Waals surface area contributed by atoms with Gasteiger partial charge in [0.25, 0.3) is 0 Å². The van der Waals surface area contributed by atoms with Gasteiger partial charge in [0, 0.05) is 44.1 Å². The molecule has 0 aliphatic carbocycles. The van der Waals surface area contributed by atoms with Crippen LogP contribution >= 0.6 is 11.3 Å². The first-order valence-corrected chi connectivity index (χ1v) is 11.3. The van der Waals surface area contributed by atoms with Crippen molar-refractivity contribution >= 4 is 22.7 Å². The Hall–Kier alpha value is -3.63. The van der Waals surface area contributed by atoms with Gasteiger partial charge in [-0.1, -0.05) is 6.07 Å². The van der Waals surface area contributed by atoms with Gasteiger partial charge in [0.2, 0.25) is 0 Å². The molecule has 0 unspecified atom stereocenters. The van der Waals surface area contributed by atoms with Crippen LogP contribution in [0, 0.1) is 6.92 Å². The standard InChI is InChI=1S/C22H21N9S/c1-14-17(16-6-2-3-10-31(16)29-14)22-27-18(19(32-22)20-25-13-26-28-20)15-5-4-7-24-21(15)30-11-8-23-9-12-30/h2-7,10,13,23H,8-9,11-12H2,1H3,(H,25,26,28). The van der Waals surface area contributed by atoms with Crippen molar-refractivity contribution in [3.8, 4) is 32.5 Å². The molecular weight excluding hydrogens is 422 g/mol. The van der Waals surface area contributed by atoms with E-state index in [0.29, 0.717) is 5.82 Å². The molecule has 0 aromatic carbocycles. The molecular formula is C22H21N9S. The van der Waals surface area contributed by atoms with E-state index in [-0.39, 0.29) is 0 Å². The monoisotopic (exact) mass is 443 g/mol. The topological polar surface area (TPSA) is 99.9 Å². The summed E-state index contributed by atoms with van der Waals surface area (Å²) in [5.74, 6) is 1.65. The van der Waals surface area contributed by atoms with Gasteiger partial charge in [0.1, 0.15) is 17.2 Å². The van der Waals surface area contributed by atoms with Crippen molar-refractivity contribution in [1.29, 1.82) is 0 Å². The molecule has 0 spiro atoms. The third-order valence-electron chi connectivity index (χ3n) is 5.64. The highest BCUT2D eigenvalue weighted by molar-refractivity contribution is 7.19. The zero-order valence-electron chi connectivity index (χ0n) is 17.5. The lowest BCUT2D eigenvalue weighted by Crippen LogP contribution is -2.44. The maximum atomic E-state index is 5.14. The van der Waals surface area contributed by atoms with Crippen LogP contribution in [0.3, 0.4) is 0 Å². The molecule has 6 heterocycles. The lowest BCUT2D eigenvalue weighted by Gasteiger charge is -2.29. The number of nitrogens with one attached hydrogen (secondary N) is 2. The summed E-state index contributed by atoms with van der Waals surface area (Å²) >= 11 is 1.60. The fourth-order valence-corrected chi connectivity index (χ4v) is 5.31. The van der Waals surface area contributed by atoms with E-state index in [1.807, 2.05) is 42.0 Å². The number of rotatable bonds is 4. The minimum Gasteiger partial charge on any atom is -0.354 e. The number of hydrogen-bond donors (Lipinski definition) is 2. The van der Waals surface area contributed by atoms with Gasteiger partial charge in [0.05, 0.1) is 27.3 Å². The van der Waals surface area contributed by atoms with Crippen LogP contribution in [0.15, 0.2) is 49.1 Å². The molecule has 5 aromatic rings. The SMILES string of the molecule is Cc1nn2ccccc2c1-c1nc(-c2cccnc2N2CCNCC2)c(-c2ncn[nH]2)s1. The Morgan fingerprint density at radius 2 is 1.97 bits per heavy atom. The number of aromatic amines is 1. The van der Waals surface area contributed by atoms with Gasteiger partial charge in [-0.2, -0.15) is 10.2 Å². The summed E-state index contributed by atoms with van der Waals surface area (Å²) in [5, 5.41) is 16.1. The Morgan fingerprint density at radius 1 is 1.06 bits per heavy atom. The average molecular weight is 444 g/mol. The van der Waals surface area contributed by atoms with Gasteiger partial charge in [-0.3, -0.25) is 5.10 Å². The second-order valence-electron chi connectivity index (χ2n) is 7.63. The van der Waals surface area contributed by atoms with E-state index >= 15 is 0 Å². The molecule has 0 saturated carbocycles. The lowest BCUT2D eigenvalue weighted by atomic mass is 10.1. The quantitative estimate of drug-likeness (QED) is 0.440. The zero-order chi connectivity index (χ0) is 21.5. The van der Waals surface area contributed by atoms with Crippen LogP contribution in [0.2, 0.25) is 0 Å². The summed E-state index contributed by atoms with van der Waals surface area (Å²) in [6.07, 6.45) is 5.33. The second-order valence-corrected chi connectivity index (χ2v) is 8.63. The highest BCUT2D eigenvalue weighted by Crippen LogP contribution is 2.43. The summed E-state index contributed by atoms with van der Waals surface area (Å²) in [7, 11) is 0. The molecule has 0 amide bonds. The Labute approximate surface area is 188 Å². The predicted molar refractivity (Wildman–Crippen MR) is 125 cm³/mol. The van der Waals surface area contributed by atoms with E-state index in [0.717, 1.165) is 69.9 Å². The first kappa shape index (κ1) is 19.1. The number of fused-ring (bicyclic) bond motifs is 1. The van der Waals surface area contributed by atoms with Crippen molar-refractivity contribution in [3.05, 3.63) is 54.7 Å². The van der Waals surface area contributed by atoms with E-state index in [9.17, 15) is 0 Å². The van der Waals surface area contributed by atoms with Crippen LogP contribution in [-0.2, 0) is 0 Å². The predicted octanol–water partition coefficient (Wildman–Crippen LogP) is 3.02. The van der Waals surface area contributed by atoms with Gasteiger partial charge in [-0.25, -0.2) is 19.5 Å². The highest BCUT2D eigenvalue weighted by Gasteiger charge is 2.25. The number of aromatic nitrogens is 7. The van der Waals surface area contributed by atoms with Crippen molar-refractivity contribution in [2.75, 3.05) is 31.1 Å². The molecule has 0 radical (unpaired) electrons. The molecule has 32 heavy (non-hydrogen) atoms. The summed E-state index contributed by atoms with van der Waals surface area (Å²) in [5.41, 5.74) is 4.86. The number of pyridine rings is 2. The summed E-state index contributed by atoms with van der Waals surface area (Å²) < 4.78 is 1.90. The minimum absolute atomic E-state index is 0.702. The van der Waals surface area contributed by atoms with Crippen LogP contribution in [0.1, 0.15) is 5.69 Å². The summed E-state index contributed by atoms with van der Waals surface area (Å²) in [6, 6.07) is 10.1. The Balaban J connectivity index is 1.56. The van der Waals surface area contributed by atoms with Gasteiger partial charge in [-0.15, -0.1) is 11.3 Å². The van der Waals surface area contributed by atoms with Gasteiger partial charge < -0.3 is 10.2 Å². The third kappa shape index (κ3) is 3.15. The van der Waals surface area contributed by atoms with Crippen molar-refractivity contribution in [2.45, 2.75) is 6.92 Å². The van der Waals surface area contributed by atoms with E-state index < -0.39 is 0 Å². The maximum absolute atomic E-state index is 5.14. The molecule has 0 bridgehead atoms. The molecule has 9 nitrogen and oxygen atoms in total. The van der Waals surface area contributed by atoms with E-state index in [4.69, 9.17) is 9.97 Å². The van der Waals surface area contributed by atoms with Crippen LogP contribution in [0.5, 0.6) is 0 Å². The first-order valence-electron chi connectivity index (χ1n) is 10.5. The molecule has 1 saturated heterocycles. The van der Waals surface area contributed by atoms with Crippen LogP contribution in [0.25, 0.3) is 38.0 Å². The van der Waals surface area contributed by atoms with Crippen molar-refractivity contribution in [3.63, 3.8) is 0 Å². The van der Waals surface area contributed by atoms with E-state index in [1.54, 1.807) is 11.3 Å². The molecule has 1 fully saturated rings. The summed E-state index contributed by atoms with van der Waals surface area (Å²) in [6.45, 7) is 5.72. The first-order chi connectivity index (χ1) is 15.8. The zero-order valence-corrected chi connectivity index (χ0v) is 18.3. The van der Waals surface area contributed by atoms with Gasteiger partial charge in [-0.05, 0) is 31.2 Å². The number of thiazole rings is 1. The molecule has 1 aliphatic heterocycles. The molecule has 1 aliphatic rings. The van der Waals surface area contributed by atoms with Crippen LogP contribution in [0.4, 0.5) is 5.82 Å². The number of hydrogen-bond acceptors (Lipinski definition) is 8. The maximum Gasteiger partial charge on any atom is 0.167 e. The Bertz CT molecular complexity index is 1380. The average Bonchev–Trinajstić information content (AvgIpc) is 3.57. The van der Waals surface area contributed by atoms with E-state index in [2.05, 4.69) is 42.6 Å². The Kier molecular flexibility index (Phi) is 4.66. The number of piperazine rings is 1.